The number of rotatable bonds is 7. The summed E-state index contributed by atoms with van der Waals surface area (Å²) < 4.78 is 31.2. The van der Waals surface area contributed by atoms with Crippen molar-refractivity contribution < 1.29 is 23.4 Å². The summed E-state index contributed by atoms with van der Waals surface area (Å²) in [6.07, 6.45) is 3.68. The first kappa shape index (κ1) is 23.0. The van der Waals surface area contributed by atoms with E-state index in [1.165, 1.54) is 24.9 Å². The van der Waals surface area contributed by atoms with Gasteiger partial charge in [0.25, 0.3) is 5.91 Å². The summed E-state index contributed by atoms with van der Waals surface area (Å²) in [5, 5.41) is 0.293. The third kappa shape index (κ3) is 5.09. The van der Waals surface area contributed by atoms with E-state index in [-0.39, 0.29) is 24.4 Å². The number of hydrogen-bond donors (Lipinski definition) is 0. The molecule has 1 amide bonds. The Morgan fingerprint density at radius 3 is 2.91 bits per heavy atom. The minimum atomic E-state index is -0.357. The van der Waals surface area contributed by atoms with Crippen molar-refractivity contribution in [1.82, 2.24) is 4.90 Å². The Bertz CT molecular complexity index is 1070. The van der Waals surface area contributed by atoms with Gasteiger partial charge in [0, 0.05) is 12.2 Å². The van der Waals surface area contributed by atoms with Gasteiger partial charge in [0.1, 0.15) is 16.7 Å². The number of thioether (sulfide) groups is 1. The molecule has 5 nitrogen and oxygen atoms in total. The van der Waals surface area contributed by atoms with Crippen molar-refractivity contribution >= 4 is 51.9 Å². The Morgan fingerprint density at radius 1 is 1.38 bits per heavy atom. The second-order valence-electron chi connectivity index (χ2n) is 7.34. The van der Waals surface area contributed by atoms with Crippen molar-refractivity contribution in [1.29, 1.82) is 0 Å². The van der Waals surface area contributed by atoms with Crippen molar-refractivity contribution in [2.45, 2.75) is 25.6 Å². The number of nitrogens with zero attached hydrogens (tertiary/aromatic N) is 1. The monoisotopic (exact) mass is 493 g/mol. The Hall–Kier alpha value is -2.13. The Balaban J connectivity index is 1.52. The maximum atomic E-state index is 13.9. The van der Waals surface area contributed by atoms with Gasteiger partial charge < -0.3 is 14.2 Å². The zero-order chi connectivity index (χ0) is 22.7. The van der Waals surface area contributed by atoms with Crippen LogP contribution in [0.3, 0.4) is 0 Å². The van der Waals surface area contributed by atoms with Gasteiger partial charge in [-0.25, -0.2) is 4.39 Å². The molecule has 0 aromatic heterocycles. The number of halogens is 2. The van der Waals surface area contributed by atoms with Crippen LogP contribution in [0.1, 0.15) is 24.0 Å². The zero-order valence-electron chi connectivity index (χ0n) is 17.3. The lowest BCUT2D eigenvalue weighted by Crippen LogP contribution is -2.35. The van der Waals surface area contributed by atoms with Gasteiger partial charge in [0.2, 0.25) is 0 Å². The Morgan fingerprint density at radius 2 is 2.19 bits per heavy atom. The average molecular weight is 494 g/mol. The van der Waals surface area contributed by atoms with Crippen LogP contribution in [0.15, 0.2) is 41.3 Å². The predicted molar refractivity (Wildman–Crippen MR) is 128 cm³/mol. The second-order valence-corrected chi connectivity index (χ2v) is 9.42. The molecule has 2 aliphatic heterocycles. The topological polar surface area (TPSA) is 48.0 Å². The van der Waals surface area contributed by atoms with Gasteiger partial charge in [-0.15, -0.1) is 0 Å². The van der Waals surface area contributed by atoms with Gasteiger partial charge in [0.15, 0.2) is 11.5 Å². The molecule has 2 heterocycles. The molecule has 0 bridgehead atoms. The fourth-order valence-electron chi connectivity index (χ4n) is 3.53. The Kier molecular flexibility index (Phi) is 7.35. The number of carbonyl (C=O) groups excluding carboxylic acids is 1. The number of hydrogen-bond acceptors (Lipinski definition) is 6. The normalized spacial score (nSPS) is 19.8. The molecule has 0 N–H and O–H groups in total. The molecule has 168 valence electrons. The lowest BCUT2D eigenvalue weighted by atomic mass is 10.1. The van der Waals surface area contributed by atoms with Crippen LogP contribution in [0.25, 0.3) is 6.08 Å². The number of thiocarbonyl (C=S) groups is 1. The van der Waals surface area contributed by atoms with Crippen LogP contribution < -0.4 is 9.47 Å². The van der Waals surface area contributed by atoms with Crippen LogP contribution >= 0.6 is 35.6 Å². The van der Waals surface area contributed by atoms with Gasteiger partial charge >= 0.3 is 0 Å². The molecule has 2 fully saturated rings. The highest BCUT2D eigenvalue weighted by Gasteiger charge is 2.34. The predicted octanol–water partition coefficient (Wildman–Crippen LogP) is 5.45. The van der Waals surface area contributed by atoms with E-state index in [0.717, 1.165) is 19.4 Å². The quantitative estimate of drug-likeness (QED) is 0.378. The van der Waals surface area contributed by atoms with E-state index < -0.39 is 0 Å². The molecule has 0 radical (unpaired) electrons. The maximum absolute atomic E-state index is 13.9. The molecule has 0 saturated carbocycles. The molecular formula is C23H21ClFNO4S2. The molecule has 32 heavy (non-hydrogen) atoms. The molecule has 9 heteroatoms. The number of carbonyl (C=O) groups is 1. The van der Waals surface area contributed by atoms with Crippen LogP contribution in [0.4, 0.5) is 4.39 Å². The van der Waals surface area contributed by atoms with E-state index >= 15 is 0 Å². The van der Waals surface area contributed by atoms with Crippen molar-refractivity contribution in [3.63, 3.8) is 0 Å². The van der Waals surface area contributed by atoms with Crippen LogP contribution in [-0.2, 0) is 16.1 Å². The third-order valence-electron chi connectivity index (χ3n) is 5.16. The summed E-state index contributed by atoms with van der Waals surface area (Å²) in [6.45, 7) is 1.19. The standard InChI is InChI=1S/C23H21ClFNO4S2/c1-28-19-10-14(9-17(24)21(19)30-13-15-5-2-3-7-18(15)25)11-20-22(27)26(23(31)32-20)12-16-6-4-8-29-16/h2-3,5,7,9-11,16H,4,6,8,12-13H2,1H3/b20-11-/t16-/m0/s1. The van der Waals surface area contributed by atoms with Crippen molar-refractivity contribution in [2.75, 3.05) is 20.3 Å². The summed E-state index contributed by atoms with van der Waals surface area (Å²) >= 11 is 13.1. The second kappa shape index (κ2) is 10.2. The number of amides is 1. The van der Waals surface area contributed by atoms with E-state index in [1.807, 2.05) is 0 Å². The minimum absolute atomic E-state index is 0.00396. The SMILES string of the molecule is COc1cc(/C=C2\SC(=S)N(C[C@@H]3CCCO3)C2=O)cc(Cl)c1OCc1ccccc1F. The van der Waals surface area contributed by atoms with Gasteiger partial charge in [-0.3, -0.25) is 9.69 Å². The van der Waals surface area contributed by atoms with Crippen LogP contribution in [-0.4, -0.2) is 41.5 Å². The molecule has 2 aromatic carbocycles. The van der Waals surface area contributed by atoms with Crippen molar-refractivity contribution in [3.8, 4) is 11.5 Å². The van der Waals surface area contributed by atoms with E-state index in [9.17, 15) is 9.18 Å². The summed E-state index contributed by atoms with van der Waals surface area (Å²) in [5.74, 6) is 0.185. The maximum Gasteiger partial charge on any atom is 0.266 e. The van der Waals surface area contributed by atoms with Crippen LogP contribution in [0.5, 0.6) is 11.5 Å². The highest BCUT2D eigenvalue weighted by atomic mass is 35.5. The van der Waals surface area contributed by atoms with Gasteiger partial charge in [-0.2, -0.15) is 0 Å². The van der Waals surface area contributed by atoms with Gasteiger partial charge in [-0.05, 0) is 42.7 Å². The van der Waals surface area contributed by atoms with Crippen molar-refractivity contribution in [2.24, 2.45) is 0 Å². The number of ether oxygens (including phenoxy) is 3. The highest BCUT2D eigenvalue weighted by Crippen LogP contribution is 2.39. The molecule has 2 saturated heterocycles. The summed E-state index contributed by atoms with van der Waals surface area (Å²) in [4.78, 5) is 15.0. The minimum Gasteiger partial charge on any atom is -0.493 e. The van der Waals surface area contributed by atoms with E-state index in [1.54, 1.807) is 41.3 Å². The molecule has 0 spiro atoms. The molecule has 4 rings (SSSR count). The molecule has 0 unspecified atom stereocenters. The van der Waals surface area contributed by atoms with Crippen LogP contribution in [0.2, 0.25) is 5.02 Å². The number of methoxy groups -OCH3 is 1. The first-order valence-electron chi connectivity index (χ1n) is 10.1. The average Bonchev–Trinajstić information content (AvgIpc) is 3.38. The molecule has 2 aliphatic rings. The fraction of sp³-hybridized carbons (Fsp3) is 0.304. The van der Waals surface area contributed by atoms with Gasteiger partial charge in [0.05, 0.1) is 29.7 Å². The first-order valence-corrected chi connectivity index (χ1v) is 11.7. The smallest absolute Gasteiger partial charge is 0.266 e. The Labute approximate surface area is 200 Å². The molecule has 0 aliphatic carbocycles. The lowest BCUT2D eigenvalue weighted by Gasteiger charge is -2.18. The van der Waals surface area contributed by atoms with Crippen LogP contribution in [0, 0.1) is 5.82 Å². The third-order valence-corrected chi connectivity index (χ3v) is 6.82. The first-order chi connectivity index (χ1) is 15.5. The summed E-state index contributed by atoms with van der Waals surface area (Å²) in [6, 6.07) is 9.75. The van der Waals surface area contributed by atoms with Gasteiger partial charge in [-0.1, -0.05) is 53.8 Å². The molecule has 2 aromatic rings. The summed E-state index contributed by atoms with van der Waals surface area (Å²) in [7, 11) is 1.49. The van der Waals surface area contributed by atoms with E-state index in [4.69, 9.17) is 38.0 Å². The van der Waals surface area contributed by atoms with Crippen molar-refractivity contribution in [3.05, 3.63) is 63.3 Å². The lowest BCUT2D eigenvalue weighted by molar-refractivity contribution is -0.123. The fourth-order valence-corrected chi connectivity index (χ4v) is 5.08. The highest BCUT2D eigenvalue weighted by molar-refractivity contribution is 8.26. The van der Waals surface area contributed by atoms with E-state index in [0.29, 0.717) is 43.4 Å². The van der Waals surface area contributed by atoms with E-state index in [2.05, 4.69) is 0 Å². The number of benzene rings is 2. The largest absolute Gasteiger partial charge is 0.493 e. The summed E-state index contributed by atoms with van der Waals surface area (Å²) in [5.41, 5.74) is 1.08. The molecule has 1 atom stereocenters. The zero-order valence-corrected chi connectivity index (χ0v) is 19.7. The molecular weight excluding hydrogens is 473 g/mol.